The zero-order valence-corrected chi connectivity index (χ0v) is 9.52. The smallest absolute Gasteiger partial charge is 0.352 e. The maximum Gasteiger partial charge on any atom is 0.352 e. The fourth-order valence-corrected chi connectivity index (χ4v) is 2.12. The molecule has 16 heavy (non-hydrogen) atoms. The molecule has 5 nitrogen and oxygen atoms in total. The van der Waals surface area contributed by atoms with Gasteiger partial charge in [-0.25, -0.2) is 9.78 Å². The number of carbonyl (C=O) groups is 1. The highest BCUT2D eigenvalue weighted by Gasteiger charge is 2.11. The number of nitrogens with zero attached hydrogens (tertiary/aromatic N) is 2. The summed E-state index contributed by atoms with van der Waals surface area (Å²) in [5.41, 5.74) is 1.67. The molecule has 0 aliphatic carbocycles. The van der Waals surface area contributed by atoms with Crippen molar-refractivity contribution in [2.75, 3.05) is 0 Å². The number of aromatic carboxylic acids is 1. The first-order valence-electron chi connectivity index (χ1n) is 4.54. The second kappa shape index (κ2) is 3.08. The van der Waals surface area contributed by atoms with Crippen LogP contribution in [0.25, 0.3) is 16.6 Å². The van der Waals surface area contributed by atoms with Crippen LogP contribution in [0.2, 0.25) is 0 Å². The predicted molar refractivity (Wildman–Crippen MR) is 61.7 cm³/mol. The first-order valence-corrected chi connectivity index (χ1v) is 5.33. The number of carboxylic acid groups (broad SMARTS) is 1. The lowest BCUT2D eigenvalue weighted by molar-refractivity contribution is 0.0691. The molecule has 0 atom stereocenters. The summed E-state index contributed by atoms with van der Waals surface area (Å²) in [6.45, 7) is 0. The molecule has 0 amide bonds. The van der Waals surface area contributed by atoms with E-state index in [9.17, 15) is 4.79 Å². The average Bonchev–Trinajstić information content (AvgIpc) is 2.77. The van der Waals surface area contributed by atoms with Gasteiger partial charge >= 0.3 is 5.97 Å². The fourth-order valence-electron chi connectivity index (χ4n) is 1.73. The van der Waals surface area contributed by atoms with Gasteiger partial charge < -0.3 is 14.5 Å². The SMILES string of the molecule is O=C(O)c1cc2c(ccn3cc(Br)nc23)[nH]1. The number of fused-ring (bicyclic) bond motifs is 3. The quantitative estimate of drug-likeness (QED) is 0.718. The van der Waals surface area contributed by atoms with Crippen LogP contribution in [0.15, 0.2) is 29.1 Å². The predicted octanol–water partition coefficient (Wildman–Crippen LogP) is 2.28. The highest BCUT2D eigenvalue weighted by atomic mass is 79.9. The monoisotopic (exact) mass is 279 g/mol. The summed E-state index contributed by atoms with van der Waals surface area (Å²) in [7, 11) is 0. The van der Waals surface area contributed by atoms with Crippen LogP contribution in [0.1, 0.15) is 10.5 Å². The van der Waals surface area contributed by atoms with Crippen LogP contribution in [0.4, 0.5) is 0 Å². The normalized spacial score (nSPS) is 11.3. The van der Waals surface area contributed by atoms with Gasteiger partial charge in [-0.3, -0.25) is 0 Å². The third-order valence-electron chi connectivity index (χ3n) is 2.42. The minimum Gasteiger partial charge on any atom is -0.477 e. The molecule has 0 radical (unpaired) electrons. The Morgan fingerprint density at radius 3 is 3.12 bits per heavy atom. The van der Waals surface area contributed by atoms with Crippen LogP contribution in [0.5, 0.6) is 0 Å². The highest BCUT2D eigenvalue weighted by molar-refractivity contribution is 9.10. The van der Waals surface area contributed by atoms with Crippen LogP contribution in [0, 0.1) is 0 Å². The molecule has 6 heteroatoms. The molecule has 0 saturated heterocycles. The number of aromatic nitrogens is 3. The number of hydrogen-bond acceptors (Lipinski definition) is 2. The summed E-state index contributed by atoms with van der Waals surface area (Å²) in [4.78, 5) is 18.0. The van der Waals surface area contributed by atoms with Crippen molar-refractivity contribution in [2.24, 2.45) is 0 Å². The van der Waals surface area contributed by atoms with Crippen molar-refractivity contribution < 1.29 is 9.90 Å². The number of rotatable bonds is 1. The molecule has 3 aromatic rings. The van der Waals surface area contributed by atoms with E-state index in [1.54, 1.807) is 6.07 Å². The summed E-state index contributed by atoms with van der Waals surface area (Å²) < 4.78 is 2.56. The van der Waals surface area contributed by atoms with Gasteiger partial charge in [0.25, 0.3) is 0 Å². The van der Waals surface area contributed by atoms with Crippen molar-refractivity contribution in [3.63, 3.8) is 0 Å². The van der Waals surface area contributed by atoms with E-state index in [0.29, 0.717) is 0 Å². The van der Waals surface area contributed by atoms with Crippen molar-refractivity contribution in [2.45, 2.75) is 0 Å². The maximum atomic E-state index is 10.8. The summed E-state index contributed by atoms with van der Waals surface area (Å²) >= 11 is 3.29. The second-order valence-electron chi connectivity index (χ2n) is 3.43. The summed E-state index contributed by atoms with van der Waals surface area (Å²) in [6, 6.07) is 3.41. The largest absolute Gasteiger partial charge is 0.477 e. The molecule has 0 spiro atoms. The molecule has 0 aliphatic rings. The first kappa shape index (κ1) is 9.41. The maximum absolute atomic E-state index is 10.8. The van der Waals surface area contributed by atoms with Crippen LogP contribution in [0.3, 0.4) is 0 Å². The molecule has 0 bridgehead atoms. The standard InChI is InChI=1S/C10H6BrN3O2/c11-8-4-14-2-1-6-5(9(14)13-8)3-7(12-6)10(15)16/h1-4,12H,(H,15,16). The van der Waals surface area contributed by atoms with Gasteiger partial charge in [0.1, 0.15) is 15.9 Å². The zero-order valence-electron chi connectivity index (χ0n) is 7.94. The Morgan fingerprint density at radius 1 is 1.56 bits per heavy atom. The minimum atomic E-state index is -0.972. The lowest BCUT2D eigenvalue weighted by Gasteiger charge is -1.93. The van der Waals surface area contributed by atoms with E-state index in [0.717, 1.165) is 21.2 Å². The van der Waals surface area contributed by atoms with Crippen molar-refractivity contribution in [1.82, 2.24) is 14.4 Å². The van der Waals surface area contributed by atoms with E-state index in [1.165, 1.54) is 0 Å². The lowest BCUT2D eigenvalue weighted by atomic mass is 10.3. The third kappa shape index (κ3) is 1.23. The zero-order chi connectivity index (χ0) is 11.3. The minimum absolute atomic E-state index is 0.169. The van der Waals surface area contributed by atoms with Crippen molar-refractivity contribution >= 4 is 38.4 Å². The van der Waals surface area contributed by atoms with E-state index in [-0.39, 0.29) is 5.69 Å². The Hall–Kier alpha value is -1.82. The molecule has 3 heterocycles. The van der Waals surface area contributed by atoms with Crippen LogP contribution >= 0.6 is 15.9 Å². The number of carboxylic acids is 1. The van der Waals surface area contributed by atoms with Gasteiger partial charge in [0.2, 0.25) is 0 Å². The fraction of sp³-hybridized carbons (Fsp3) is 0. The van der Waals surface area contributed by atoms with Crippen LogP contribution in [-0.2, 0) is 0 Å². The van der Waals surface area contributed by atoms with Crippen molar-refractivity contribution in [3.8, 4) is 0 Å². The molecule has 2 N–H and O–H groups in total. The van der Waals surface area contributed by atoms with E-state index >= 15 is 0 Å². The summed E-state index contributed by atoms with van der Waals surface area (Å²) in [5.74, 6) is -0.972. The molecule has 3 rings (SSSR count). The first-order chi connectivity index (χ1) is 7.65. The van der Waals surface area contributed by atoms with Gasteiger partial charge in [-0.15, -0.1) is 0 Å². The average molecular weight is 280 g/mol. The third-order valence-corrected chi connectivity index (χ3v) is 2.81. The van der Waals surface area contributed by atoms with Crippen molar-refractivity contribution in [3.05, 3.63) is 34.8 Å². The lowest BCUT2D eigenvalue weighted by Crippen LogP contribution is -1.94. The molecule has 0 fully saturated rings. The highest BCUT2D eigenvalue weighted by Crippen LogP contribution is 2.22. The molecular formula is C10H6BrN3O2. The topological polar surface area (TPSA) is 70.4 Å². The van der Waals surface area contributed by atoms with E-state index in [4.69, 9.17) is 5.11 Å². The van der Waals surface area contributed by atoms with E-state index in [1.807, 2.05) is 22.9 Å². The Bertz CT molecular complexity index is 713. The number of aromatic amines is 1. The summed E-state index contributed by atoms with van der Waals surface area (Å²) in [6.07, 6.45) is 3.65. The Balaban J connectivity index is 2.44. The Morgan fingerprint density at radius 2 is 2.38 bits per heavy atom. The Labute approximate surface area is 97.8 Å². The number of H-pyrrole nitrogens is 1. The summed E-state index contributed by atoms with van der Waals surface area (Å²) in [5, 5.41) is 9.69. The number of hydrogen-bond donors (Lipinski definition) is 2. The number of halogens is 1. The number of imidazole rings is 1. The Kier molecular flexibility index (Phi) is 1.81. The van der Waals surface area contributed by atoms with Gasteiger partial charge in [-0.2, -0.15) is 0 Å². The van der Waals surface area contributed by atoms with Crippen LogP contribution < -0.4 is 0 Å². The van der Waals surface area contributed by atoms with E-state index < -0.39 is 5.97 Å². The van der Waals surface area contributed by atoms with Gasteiger partial charge in [-0.1, -0.05) is 0 Å². The second-order valence-corrected chi connectivity index (χ2v) is 4.24. The van der Waals surface area contributed by atoms with Gasteiger partial charge in [0.05, 0.1) is 5.52 Å². The molecule has 3 aromatic heterocycles. The molecular weight excluding hydrogens is 274 g/mol. The number of pyridine rings is 1. The molecule has 0 aliphatic heterocycles. The molecule has 80 valence electrons. The van der Waals surface area contributed by atoms with E-state index in [2.05, 4.69) is 25.9 Å². The molecule has 0 unspecified atom stereocenters. The molecule has 0 aromatic carbocycles. The van der Waals surface area contributed by atoms with Crippen molar-refractivity contribution in [1.29, 1.82) is 0 Å². The van der Waals surface area contributed by atoms with Gasteiger partial charge in [-0.05, 0) is 28.1 Å². The van der Waals surface area contributed by atoms with Crippen LogP contribution in [-0.4, -0.2) is 25.4 Å². The van der Waals surface area contributed by atoms with Gasteiger partial charge in [0, 0.05) is 17.8 Å². The van der Waals surface area contributed by atoms with Gasteiger partial charge in [0.15, 0.2) is 0 Å². The molecule has 0 saturated carbocycles. The number of nitrogens with one attached hydrogen (secondary N) is 1.